The maximum atomic E-state index is 3.79. The lowest BCUT2D eigenvalue weighted by Crippen LogP contribution is -2.43. The fourth-order valence-corrected chi connectivity index (χ4v) is 2.86. The summed E-state index contributed by atoms with van der Waals surface area (Å²) in [6, 6.07) is 9.62. The second-order valence-corrected chi connectivity index (χ2v) is 5.43. The number of benzene rings is 1. The van der Waals surface area contributed by atoms with Crippen molar-refractivity contribution in [2.75, 3.05) is 0 Å². The van der Waals surface area contributed by atoms with Crippen LogP contribution in [0, 0.1) is 0 Å². The van der Waals surface area contributed by atoms with Crippen molar-refractivity contribution in [1.29, 1.82) is 0 Å². The topological polar surface area (TPSA) is 12.0 Å². The monoisotopic (exact) mass is 279 g/mol. The molecule has 1 fully saturated rings. The normalized spacial score (nSPS) is 25.9. The Bertz CT molecular complexity index is 369. The third-order valence-corrected chi connectivity index (χ3v) is 4.06. The third-order valence-electron chi connectivity index (χ3n) is 3.34. The van der Waals surface area contributed by atoms with Crippen molar-refractivity contribution in [3.8, 4) is 0 Å². The average Bonchev–Trinajstić information content (AvgIpc) is 2.24. The minimum absolute atomic E-state index is 0.421. The molecule has 0 saturated heterocycles. The molecule has 0 aliphatic heterocycles. The summed E-state index contributed by atoms with van der Waals surface area (Å²) in [5, 5.41) is 3.55. The van der Waals surface area contributed by atoms with Crippen LogP contribution < -0.4 is 5.32 Å². The van der Waals surface area contributed by atoms with Gasteiger partial charge in [-0.1, -0.05) is 40.2 Å². The minimum atomic E-state index is 0.421. The Morgan fingerprint density at radius 1 is 1.44 bits per heavy atom. The van der Waals surface area contributed by atoms with Gasteiger partial charge in [-0.15, -0.1) is 6.58 Å². The summed E-state index contributed by atoms with van der Waals surface area (Å²) in [7, 11) is 0. The van der Waals surface area contributed by atoms with Crippen LogP contribution in [-0.4, -0.2) is 12.1 Å². The van der Waals surface area contributed by atoms with E-state index >= 15 is 0 Å². The lowest BCUT2D eigenvalue weighted by atomic mass is 9.75. The zero-order valence-corrected chi connectivity index (χ0v) is 11.2. The number of nitrogens with one attached hydrogen (secondary N) is 1. The molecule has 1 unspecified atom stereocenters. The van der Waals surface area contributed by atoms with Gasteiger partial charge in [0, 0.05) is 16.6 Å². The van der Waals surface area contributed by atoms with Crippen molar-refractivity contribution >= 4 is 15.9 Å². The van der Waals surface area contributed by atoms with Gasteiger partial charge < -0.3 is 5.32 Å². The first-order valence-corrected chi connectivity index (χ1v) is 6.63. The van der Waals surface area contributed by atoms with Gasteiger partial charge in [0.2, 0.25) is 0 Å². The molecule has 1 atom stereocenters. The van der Waals surface area contributed by atoms with Crippen LogP contribution in [0.15, 0.2) is 41.4 Å². The summed E-state index contributed by atoms with van der Waals surface area (Å²) in [5.41, 5.74) is 1.45. The fourth-order valence-electron chi connectivity index (χ4n) is 2.25. The van der Waals surface area contributed by atoms with Crippen LogP contribution in [0.4, 0.5) is 0 Å². The Kier molecular flexibility index (Phi) is 3.82. The molecule has 1 saturated carbocycles. The molecular formula is C14H18BrN. The second-order valence-electron chi connectivity index (χ2n) is 4.58. The van der Waals surface area contributed by atoms with Crippen LogP contribution in [0.25, 0.3) is 0 Å². The maximum Gasteiger partial charge on any atom is 0.0221 e. The standard InChI is InChI=1S/C14H18BrN/c1-3-10(2)16-12-8-11(9-12)13-6-4-5-7-14(13)15/h3-7,10-12,16H,1,8-9H2,2H3. The Hall–Kier alpha value is -0.600. The predicted molar refractivity (Wildman–Crippen MR) is 72.7 cm³/mol. The van der Waals surface area contributed by atoms with Gasteiger partial charge in [0.25, 0.3) is 0 Å². The van der Waals surface area contributed by atoms with Gasteiger partial charge in [-0.3, -0.25) is 0 Å². The lowest BCUT2D eigenvalue weighted by molar-refractivity contribution is 0.281. The summed E-state index contributed by atoms with van der Waals surface area (Å²) < 4.78 is 1.25. The van der Waals surface area contributed by atoms with Gasteiger partial charge in [-0.2, -0.15) is 0 Å². The molecule has 2 rings (SSSR count). The largest absolute Gasteiger partial charge is 0.308 e. The summed E-state index contributed by atoms with van der Waals surface area (Å²) in [5.74, 6) is 0.713. The molecule has 1 nitrogen and oxygen atoms in total. The first-order valence-electron chi connectivity index (χ1n) is 5.83. The summed E-state index contributed by atoms with van der Waals surface area (Å²) in [6.07, 6.45) is 4.44. The number of rotatable bonds is 4. The third kappa shape index (κ3) is 2.55. The molecule has 1 aromatic carbocycles. The first-order chi connectivity index (χ1) is 7.70. The van der Waals surface area contributed by atoms with E-state index in [1.54, 1.807) is 0 Å². The van der Waals surface area contributed by atoms with Crippen LogP contribution in [0.1, 0.15) is 31.2 Å². The van der Waals surface area contributed by atoms with Crippen molar-refractivity contribution in [3.63, 3.8) is 0 Å². The molecule has 0 spiro atoms. The molecule has 0 heterocycles. The molecule has 0 aromatic heterocycles. The van der Waals surface area contributed by atoms with E-state index in [1.165, 1.54) is 22.9 Å². The van der Waals surface area contributed by atoms with E-state index in [1.807, 2.05) is 6.08 Å². The van der Waals surface area contributed by atoms with Gasteiger partial charge in [0.1, 0.15) is 0 Å². The fraction of sp³-hybridized carbons (Fsp3) is 0.429. The number of halogens is 1. The summed E-state index contributed by atoms with van der Waals surface area (Å²) in [6.45, 7) is 5.94. The first kappa shape index (κ1) is 11.9. The molecule has 0 bridgehead atoms. The van der Waals surface area contributed by atoms with E-state index in [0.29, 0.717) is 18.0 Å². The highest BCUT2D eigenvalue weighted by Gasteiger charge is 2.31. The highest BCUT2D eigenvalue weighted by Crippen LogP contribution is 2.40. The Morgan fingerprint density at radius 3 is 2.75 bits per heavy atom. The van der Waals surface area contributed by atoms with Gasteiger partial charge in [-0.05, 0) is 37.3 Å². The molecule has 0 amide bonds. The molecule has 2 heteroatoms. The van der Waals surface area contributed by atoms with E-state index in [9.17, 15) is 0 Å². The molecule has 1 aliphatic carbocycles. The van der Waals surface area contributed by atoms with Crippen LogP contribution in [0.2, 0.25) is 0 Å². The Morgan fingerprint density at radius 2 is 2.12 bits per heavy atom. The summed E-state index contributed by atoms with van der Waals surface area (Å²) >= 11 is 3.62. The number of hydrogen-bond donors (Lipinski definition) is 1. The Balaban J connectivity index is 1.89. The highest BCUT2D eigenvalue weighted by molar-refractivity contribution is 9.10. The SMILES string of the molecule is C=CC(C)NC1CC(c2ccccc2Br)C1. The maximum absolute atomic E-state index is 3.79. The van der Waals surface area contributed by atoms with E-state index in [0.717, 1.165) is 0 Å². The highest BCUT2D eigenvalue weighted by atomic mass is 79.9. The number of hydrogen-bond acceptors (Lipinski definition) is 1. The van der Waals surface area contributed by atoms with Gasteiger partial charge in [0.05, 0.1) is 0 Å². The van der Waals surface area contributed by atoms with Crippen LogP contribution in [0.3, 0.4) is 0 Å². The molecule has 86 valence electrons. The molecule has 16 heavy (non-hydrogen) atoms. The van der Waals surface area contributed by atoms with Crippen molar-refractivity contribution in [3.05, 3.63) is 47.0 Å². The van der Waals surface area contributed by atoms with Gasteiger partial charge in [0.15, 0.2) is 0 Å². The molecular weight excluding hydrogens is 262 g/mol. The van der Waals surface area contributed by atoms with Gasteiger partial charge in [-0.25, -0.2) is 0 Å². The molecule has 0 radical (unpaired) electrons. The van der Waals surface area contributed by atoms with E-state index in [2.05, 4.69) is 59.0 Å². The molecule has 1 aromatic rings. The predicted octanol–water partition coefficient (Wildman–Crippen LogP) is 3.86. The lowest BCUT2D eigenvalue weighted by Gasteiger charge is -2.38. The average molecular weight is 280 g/mol. The smallest absolute Gasteiger partial charge is 0.0221 e. The van der Waals surface area contributed by atoms with E-state index < -0.39 is 0 Å². The van der Waals surface area contributed by atoms with Crippen LogP contribution in [-0.2, 0) is 0 Å². The van der Waals surface area contributed by atoms with Crippen LogP contribution in [0.5, 0.6) is 0 Å². The van der Waals surface area contributed by atoms with Crippen molar-refractivity contribution in [1.82, 2.24) is 5.32 Å². The van der Waals surface area contributed by atoms with E-state index in [4.69, 9.17) is 0 Å². The van der Waals surface area contributed by atoms with Crippen LogP contribution >= 0.6 is 15.9 Å². The summed E-state index contributed by atoms with van der Waals surface area (Å²) in [4.78, 5) is 0. The quantitative estimate of drug-likeness (QED) is 0.826. The van der Waals surface area contributed by atoms with Crippen molar-refractivity contribution < 1.29 is 0 Å². The minimum Gasteiger partial charge on any atom is -0.308 e. The van der Waals surface area contributed by atoms with Crippen molar-refractivity contribution in [2.45, 2.75) is 37.8 Å². The molecule has 1 N–H and O–H groups in total. The zero-order chi connectivity index (χ0) is 11.5. The van der Waals surface area contributed by atoms with E-state index in [-0.39, 0.29) is 0 Å². The zero-order valence-electron chi connectivity index (χ0n) is 9.62. The van der Waals surface area contributed by atoms with Gasteiger partial charge >= 0.3 is 0 Å². The second kappa shape index (κ2) is 5.15. The molecule has 1 aliphatic rings. The van der Waals surface area contributed by atoms with Crippen molar-refractivity contribution in [2.24, 2.45) is 0 Å². The Labute approximate surface area is 106 Å².